The van der Waals surface area contributed by atoms with Gasteiger partial charge < -0.3 is 4.74 Å². The molecular weight excluding hydrogens is 298 g/mol. The van der Waals surface area contributed by atoms with Crippen LogP contribution in [-0.4, -0.2) is 13.1 Å². The molecule has 1 aromatic heterocycles. The molecule has 1 unspecified atom stereocenters. The van der Waals surface area contributed by atoms with E-state index in [4.69, 9.17) is 5.53 Å². The zero-order valence-electron chi connectivity index (χ0n) is 12.3. The summed E-state index contributed by atoms with van der Waals surface area (Å²) in [7, 11) is 1.40. The Morgan fingerprint density at radius 1 is 1.36 bits per heavy atom. The Kier molecular flexibility index (Phi) is 6.01. The molecule has 0 amide bonds. The molecule has 1 aromatic carbocycles. The Bertz CT molecular complexity index is 647. The first kappa shape index (κ1) is 16.1. The summed E-state index contributed by atoms with van der Waals surface area (Å²) in [4.78, 5) is 15.1. The number of benzene rings is 1. The van der Waals surface area contributed by atoms with E-state index in [0.717, 1.165) is 28.8 Å². The number of thiophene rings is 1. The van der Waals surface area contributed by atoms with Crippen LogP contribution in [0.4, 0.5) is 0 Å². The minimum atomic E-state index is -0.283. The Balaban J connectivity index is 2.04. The minimum Gasteiger partial charge on any atom is -0.469 e. The lowest BCUT2D eigenvalue weighted by molar-refractivity contribution is -0.140. The van der Waals surface area contributed by atoms with Crippen LogP contribution in [0.1, 0.15) is 34.9 Å². The number of azide groups is 1. The van der Waals surface area contributed by atoms with Crippen molar-refractivity contribution in [1.82, 2.24) is 0 Å². The standard InChI is InChI=1S/C16H17N3O2S/c1-21-15(20)6-2-4-12-7-9-13(10-8-12)16(18-19-17)14-5-3-11-22-14/h3,5,7-11,16H,2,4,6H2,1H3. The first-order valence-electron chi connectivity index (χ1n) is 6.98. The van der Waals surface area contributed by atoms with Gasteiger partial charge in [-0.25, -0.2) is 0 Å². The van der Waals surface area contributed by atoms with E-state index >= 15 is 0 Å². The van der Waals surface area contributed by atoms with Crippen LogP contribution < -0.4 is 0 Å². The van der Waals surface area contributed by atoms with Crippen LogP contribution in [0.2, 0.25) is 0 Å². The van der Waals surface area contributed by atoms with Gasteiger partial charge in [0.2, 0.25) is 0 Å². The maximum atomic E-state index is 11.1. The van der Waals surface area contributed by atoms with Crippen LogP contribution in [0, 0.1) is 0 Å². The van der Waals surface area contributed by atoms with Gasteiger partial charge in [-0.15, -0.1) is 11.3 Å². The maximum Gasteiger partial charge on any atom is 0.305 e. The topological polar surface area (TPSA) is 75.1 Å². The summed E-state index contributed by atoms with van der Waals surface area (Å²) in [6, 6.07) is 11.6. The number of ether oxygens (including phenoxy) is 1. The smallest absolute Gasteiger partial charge is 0.305 e. The number of esters is 1. The van der Waals surface area contributed by atoms with Gasteiger partial charge in [-0.2, -0.15) is 0 Å². The lowest BCUT2D eigenvalue weighted by Crippen LogP contribution is -2.00. The van der Waals surface area contributed by atoms with E-state index in [1.165, 1.54) is 7.11 Å². The van der Waals surface area contributed by atoms with Crippen LogP contribution in [0.15, 0.2) is 46.9 Å². The van der Waals surface area contributed by atoms with Gasteiger partial charge in [0.15, 0.2) is 0 Å². The molecule has 0 bridgehead atoms. The molecule has 1 heterocycles. The highest BCUT2D eigenvalue weighted by atomic mass is 32.1. The number of nitrogens with zero attached hydrogens (tertiary/aromatic N) is 3. The van der Waals surface area contributed by atoms with Gasteiger partial charge in [-0.05, 0) is 40.9 Å². The molecule has 0 aliphatic rings. The minimum absolute atomic E-state index is 0.183. The summed E-state index contributed by atoms with van der Waals surface area (Å²) >= 11 is 1.57. The summed E-state index contributed by atoms with van der Waals surface area (Å²) in [6.07, 6.45) is 2.01. The Morgan fingerprint density at radius 3 is 2.73 bits per heavy atom. The van der Waals surface area contributed by atoms with Crippen molar-refractivity contribution >= 4 is 17.3 Å². The first-order valence-corrected chi connectivity index (χ1v) is 7.86. The van der Waals surface area contributed by atoms with E-state index < -0.39 is 0 Å². The highest BCUT2D eigenvalue weighted by molar-refractivity contribution is 7.10. The highest BCUT2D eigenvalue weighted by Gasteiger charge is 2.13. The lowest BCUT2D eigenvalue weighted by Gasteiger charge is -2.10. The van der Waals surface area contributed by atoms with Crippen LogP contribution in [0.3, 0.4) is 0 Å². The van der Waals surface area contributed by atoms with Crippen LogP contribution in [0.5, 0.6) is 0 Å². The Labute approximate surface area is 133 Å². The van der Waals surface area contributed by atoms with Gasteiger partial charge in [0.1, 0.15) is 0 Å². The van der Waals surface area contributed by atoms with Crippen molar-refractivity contribution in [2.24, 2.45) is 5.11 Å². The molecule has 0 saturated heterocycles. The van der Waals surface area contributed by atoms with Gasteiger partial charge in [0.25, 0.3) is 0 Å². The van der Waals surface area contributed by atoms with E-state index in [-0.39, 0.29) is 12.0 Å². The molecule has 0 fully saturated rings. The molecule has 0 N–H and O–H groups in total. The predicted molar refractivity (Wildman–Crippen MR) is 86.7 cm³/mol. The number of aryl methyl sites for hydroxylation is 1. The number of rotatable bonds is 7. The van der Waals surface area contributed by atoms with Gasteiger partial charge in [-0.1, -0.05) is 35.4 Å². The van der Waals surface area contributed by atoms with Gasteiger partial charge >= 0.3 is 5.97 Å². The van der Waals surface area contributed by atoms with Crippen molar-refractivity contribution in [1.29, 1.82) is 0 Å². The zero-order valence-corrected chi connectivity index (χ0v) is 13.1. The number of carbonyl (C=O) groups excluding carboxylic acids is 1. The molecule has 2 rings (SSSR count). The van der Waals surface area contributed by atoms with Crippen molar-refractivity contribution in [2.45, 2.75) is 25.3 Å². The second-order valence-corrected chi connectivity index (χ2v) is 5.77. The number of methoxy groups -OCH3 is 1. The Hall–Kier alpha value is -2.30. The molecule has 22 heavy (non-hydrogen) atoms. The quantitative estimate of drug-likeness (QED) is 0.323. The molecule has 2 aromatic rings. The molecule has 1 atom stereocenters. The van der Waals surface area contributed by atoms with Crippen LogP contribution >= 0.6 is 11.3 Å². The molecule has 0 aliphatic heterocycles. The second kappa shape index (κ2) is 8.22. The third kappa shape index (κ3) is 4.35. The fraction of sp³-hybridized carbons (Fsp3) is 0.312. The maximum absolute atomic E-state index is 11.1. The normalized spacial score (nSPS) is 11.5. The van der Waals surface area contributed by atoms with E-state index in [9.17, 15) is 4.79 Å². The lowest BCUT2D eigenvalue weighted by atomic mass is 10.0. The van der Waals surface area contributed by atoms with E-state index in [1.807, 2.05) is 41.8 Å². The molecule has 5 nitrogen and oxygen atoms in total. The average molecular weight is 315 g/mol. The molecular formula is C16H17N3O2S. The predicted octanol–water partition coefficient (Wildman–Crippen LogP) is 4.64. The zero-order chi connectivity index (χ0) is 15.8. The summed E-state index contributed by atoms with van der Waals surface area (Å²) < 4.78 is 4.62. The van der Waals surface area contributed by atoms with E-state index in [1.54, 1.807) is 11.3 Å². The number of carbonyl (C=O) groups is 1. The van der Waals surface area contributed by atoms with Crippen LogP contribution in [-0.2, 0) is 16.0 Å². The van der Waals surface area contributed by atoms with Crippen molar-refractivity contribution in [3.63, 3.8) is 0 Å². The Morgan fingerprint density at radius 2 is 2.14 bits per heavy atom. The fourth-order valence-electron chi connectivity index (χ4n) is 2.19. The van der Waals surface area contributed by atoms with Crippen molar-refractivity contribution in [2.75, 3.05) is 7.11 Å². The van der Waals surface area contributed by atoms with Crippen molar-refractivity contribution in [3.8, 4) is 0 Å². The average Bonchev–Trinajstić information content (AvgIpc) is 3.07. The molecule has 6 heteroatoms. The number of hydrogen-bond acceptors (Lipinski definition) is 4. The summed E-state index contributed by atoms with van der Waals surface area (Å²) in [5.74, 6) is -0.183. The molecule has 0 aliphatic carbocycles. The first-order chi connectivity index (χ1) is 10.7. The van der Waals surface area contributed by atoms with E-state index in [2.05, 4.69) is 14.8 Å². The summed E-state index contributed by atoms with van der Waals surface area (Å²) in [5.41, 5.74) is 10.9. The van der Waals surface area contributed by atoms with Crippen LogP contribution in [0.25, 0.3) is 10.4 Å². The molecule has 0 saturated carbocycles. The van der Waals surface area contributed by atoms with Gasteiger partial charge in [0.05, 0.1) is 13.2 Å². The van der Waals surface area contributed by atoms with Gasteiger partial charge in [-0.3, -0.25) is 4.79 Å². The van der Waals surface area contributed by atoms with Crippen molar-refractivity contribution < 1.29 is 9.53 Å². The highest BCUT2D eigenvalue weighted by Crippen LogP contribution is 2.30. The summed E-state index contributed by atoms with van der Waals surface area (Å²) in [6.45, 7) is 0. The monoisotopic (exact) mass is 315 g/mol. The fourth-order valence-corrected chi connectivity index (χ4v) is 2.98. The summed E-state index contributed by atoms with van der Waals surface area (Å²) in [5, 5.41) is 5.86. The van der Waals surface area contributed by atoms with Gasteiger partial charge in [0, 0.05) is 16.2 Å². The second-order valence-electron chi connectivity index (χ2n) is 4.79. The third-order valence-corrected chi connectivity index (χ3v) is 4.27. The third-order valence-electron chi connectivity index (χ3n) is 3.35. The van der Waals surface area contributed by atoms with Crippen molar-refractivity contribution in [3.05, 3.63) is 68.2 Å². The molecule has 0 radical (unpaired) electrons. The molecule has 114 valence electrons. The van der Waals surface area contributed by atoms with E-state index in [0.29, 0.717) is 6.42 Å². The molecule has 0 spiro atoms. The SMILES string of the molecule is COC(=O)CCCc1ccc(C(N=[N+]=[N-])c2cccs2)cc1. The largest absolute Gasteiger partial charge is 0.469 e. The number of hydrogen-bond donors (Lipinski definition) is 0.